The zero-order chi connectivity index (χ0) is 15.5. The molecule has 0 aliphatic heterocycles. The third-order valence-corrected chi connectivity index (χ3v) is 8.02. The van der Waals surface area contributed by atoms with E-state index >= 15 is 0 Å². The first-order chi connectivity index (χ1) is 9.92. The molecule has 2 rings (SSSR count). The van der Waals surface area contributed by atoms with E-state index in [1.807, 2.05) is 0 Å². The summed E-state index contributed by atoms with van der Waals surface area (Å²) in [5.74, 6) is 0. The summed E-state index contributed by atoms with van der Waals surface area (Å²) in [6, 6.07) is 4.57. The summed E-state index contributed by atoms with van der Waals surface area (Å²) >= 11 is 7.86. The number of halogens is 2. The topological polar surface area (TPSA) is 12.0 Å². The van der Waals surface area contributed by atoms with E-state index in [0.717, 1.165) is 13.1 Å². The van der Waals surface area contributed by atoms with Gasteiger partial charge in [0.2, 0.25) is 0 Å². The number of benzene rings is 1. The average molecular weight is 417 g/mol. The van der Waals surface area contributed by atoms with Crippen molar-refractivity contribution in [1.29, 1.82) is 0 Å². The van der Waals surface area contributed by atoms with E-state index in [1.165, 1.54) is 54.4 Å². The minimum Gasteiger partial charge on any atom is -0.313 e. The Labute approximate surface area is 146 Å². The Balaban J connectivity index is 1.85. The Bertz CT molecular complexity index is 463. The fraction of sp³-hybridized carbons (Fsp3) is 0.667. The summed E-state index contributed by atoms with van der Waals surface area (Å²) in [5, 5.41) is 3.65. The van der Waals surface area contributed by atoms with Gasteiger partial charge in [0.1, 0.15) is 0 Å². The largest absolute Gasteiger partial charge is 0.313 e. The van der Waals surface area contributed by atoms with Gasteiger partial charge in [-0.15, -0.1) is 0 Å². The van der Waals surface area contributed by atoms with Crippen molar-refractivity contribution in [3.8, 4) is 0 Å². The van der Waals surface area contributed by atoms with Gasteiger partial charge in [-0.1, -0.05) is 62.4 Å². The lowest BCUT2D eigenvalue weighted by molar-refractivity contribution is 0.394. The van der Waals surface area contributed by atoms with Gasteiger partial charge in [0, 0.05) is 15.7 Å². The van der Waals surface area contributed by atoms with E-state index in [9.17, 15) is 0 Å². The molecule has 0 amide bonds. The van der Waals surface area contributed by atoms with Crippen LogP contribution in [0.4, 0.5) is 0 Å². The molecule has 3 heteroatoms. The second kappa shape index (κ2) is 7.61. The minimum atomic E-state index is 0.287. The second-order valence-electron chi connectivity index (χ2n) is 6.55. The third-order valence-electron chi connectivity index (χ3n) is 4.72. The van der Waals surface area contributed by atoms with Crippen LogP contribution >= 0.6 is 31.9 Å². The van der Waals surface area contributed by atoms with Gasteiger partial charge in [-0.2, -0.15) is 0 Å². The van der Waals surface area contributed by atoms with Gasteiger partial charge in [0.25, 0.3) is 0 Å². The molecule has 118 valence electrons. The summed E-state index contributed by atoms with van der Waals surface area (Å²) in [7, 11) is 0. The molecular weight excluding hydrogens is 390 g/mol. The van der Waals surface area contributed by atoms with Crippen LogP contribution in [0.3, 0.4) is 0 Å². The van der Waals surface area contributed by atoms with Crippen molar-refractivity contribution in [2.75, 3.05) is 6.54 Å². The van der Waals surface area contributed by atoms with Crippen molar-refractivity contribution >= 4 is 31.9 Å². The Morgan fingerprint density at radius 2 is 1.86 bits per heavy atom. The Morgan fingerprint density at radius 1 is 1.19 bits per heavy atom. The van der Waals surface area contributed by atoms with Crippen molar-refractivity contribution < 1.29 is 0 Å². The smallest absolute Gasteiger partial charge is 0.0394 e. The van der Waals surface area contributed by atoms with Crippen LogP contribution in [0.1, 0.15) is 54.4 Å². The molecule has 1 saturated carbocycles. The highest BCUT2D eigenvalue weighted by Crippen LogP contribution is 2.42. The van der Waals surface area contributed by atoms with Gasteiger partial charge in [-0.25, -0.2) is 0 Å². The van der Waals surface area contributed by atoms with Crippen LogP contribution in [0.25, 0.3) is 0 Å². The molecule has 0 spiro atoms. The number of aryl methyl sites for hydroxylation is 3. The van der Waals surface area contributed by atoms with Crippen LogP contribution in [0.5, 0.6) is 0 Å². The zero-order valence-electron chi connectivity index (χ0n) is 13.4. The van der Waals surface area contributed by atoms with E-state index in [1.54, 1.807) is 0 Å². The van der Waals surface area contributed by atoms with Gasteiger partial charge in [0.15, 0.2) is 0 Å². The molecule has 0 bridgehead atoms. The predicted molar refractivity (Wildman–Crippen MR) is 99.8 cm³/mol. The van der Waals surface area contributed by atoms with E-state index < -0.39 is 0 Å². The van der Waals surface area contributed by atoms with Gasteiger partial charge in [-0.3, -0.25) is 0 Å². The highest BCUT2D eigenvalue weighted by molar-refractivity contribution is 9.12. The van der Waals surface area contributed by atoms with E-state index in [-0.39, 0.29) is 4.32 Å². The first kappa shape index (κ1) is 17.5. The summed E-state index contributed by atoms with van der Waals surface area (Å²) < 4.78 is 0.287. The quantitative estimate of drug-likeness (QED) is 0.489. The van der Waals surface area contributed by atoms with E-state index in [0.29, 0.717) is 4.83 Å². The Morgan fingerprint density at radius 3 is 2.48 bits per heavy atom. The first-order valence-corrected chi connectivity index (χ1v) is 9.74. The molecule has 0 saturated heterocycles. The standard InChI is InChI=1S/C18H27Br2N/c1-13-10-14(2)16(15(3)11-13)12-21-9-8-18(20)7-5-4-6-17(18)19/h10-11,17,21H,4-9,12H2,1-3H3/t17-,18+/m0/s1. The fourth-order valence-electron chi connectivity index (χ4n) is 3.44. The van der Waals surface area contributed by atoms with Crippen molar-refractivity contribution in [2.45, 2.75) is 68.6 Å². The Kier molecular flexibility index (Phi) is 6.34. The molecule has 1 N–H and O–H groups in total. The SMILES string of the molecule is Cc1cc(C)c(CNCC[C@]2(Br)CCCC[C@@H]2Br)c(C)c1. The maximum atomic E-state index is 4.00. The van der Waals surface area contributed by atoms with Crippen LogP contribution < -0.4 is 5.32 Å². The Hall–Kier alpha value is 0.140. The molecule has 0 radical (unpaired) electrons. The van der Waals surface area contributed by atoms with Crippen LogP contribution in [0.2, 0.25) is 0 Å². The molecule has 21 heavy (non-hydrogen) atoms. The second-order valence-corrected chi connectivity index (χ2v) is 9.24. The van der Waals surface area contributed by atoms with Gasteiger partial charge >= 0.3 is 0 Å². The molecular formula is C18H27Br2N. The number of alkyl halides is 2. The van der Waals surface area contributed by atoms with Gasteiger partial charge < -0.3 is 5.32 Å². The normalized spacial score (nSPS) is 26.0. The number of hydrogen-bond donors (Lipinski definition) is 1. The molecule has 0 aromatic heterocycles. The lowest BCUT2D eigenvalue weighted by Gasteiger charge is -2.36. The molecule has 1 aromatic carbocycles. The van der Waals surface area contributed by atoms with Gasteiger partial charge in [0.05, 0.1) is 0 Å². The van der Waals surface area contributed by atoms with E-state index in [4.69, 9.17) is 0 Å². The molecule has 1 aliphatic rings. The molecule has 1 aromatic rings. The summed E-state index contributed by atoms with van der Waals surface area (Å²) in [6.45, 7) is 8.66. The maximum Gasteiger partial charge on any atom is 0.0394 e. The van der Waals surface area contributed by atoms with Crippen LogP contribution in [-0.4, -0.2) is 15.7 Å². The van der Waals surface area contributed by atoms with Crippen molar-refractivity contribution in [2.24, 2.45) is 0 Å². The van der Waals surface area contributed by atoms with Crippen molar-refractivity contribution in [3.63, 3.8) is 0 Å². The third kappa shape index (κ3) is 4.56. The molecule has 1 aliphatic carbocycles. The molecule has 2 atom stereocenters. The molecule has 1 fully saturated rings. The van der Waals surface area contributed by atoms with Gasteiger partial charge in [-0.05, 0) is 63.3 Å². The summed E-state index contributed by atoms with van der Waals surface area (Å²) in [6.07, 6.45) is 6.48. The number of nitrogens with one attached hydrogen (secondary N) is 1. The monoisotopic (exact) mass is 415 g/mol. The molecule has 0 heterocycles. The van der Waals surface area contributed by atoms with Crippen LogP contribution in [0, 0.1) is 20.8 Å². The fourth-order valence-corrected chi connectivity index (χ4v) is 4.93. The molecule has 0 unspecified atom stereocenters. The predicted octanol–water partition coefficient (Wildman–Crippen LogP) is 5.56. The maximum absolute atomic E-state index is 4.00. The highest BCUT2D eigenvalue weighted by Gasteiger charge is 2.36. The summed E-state index contributed by atoms with van der Waals surface area (Å²) in [5.41, 5.74) is 5.63. The van der Waals surface area contributed by atoms with Crippen LogP contribution in [0.15, 0.2) is 12.1 Å². The number of rotatable bonds is 5. The first-order valence-electron chi connectivity index (χ1n) is 8.03. The van der Waals surface area contributed by atoms with Crippen molar-refractivity contribution in [1.82, 2.24) is 5.32 Å². The molecule has 1 nitrogen and oxygen atoms in total. The lowest BCUT2D eigenvalue weighted by Crippen LogP contribution is -2.38. The van der Waals surface area contributed by atoms with Crippen LogP contribution in [-0.2, 0) is 6.54 Å². The number of hydrogen-bond acceptors (Lipinski definition) is 1. The average Bonchev–Trinajstić information content (AvgIpc) is 2.40. The summed E-state index contributed by atoms with van der Waals surface area (Å²) in [4.78, 5) is 0.614. The zero-order valence-corrected chi connectivity index (χ0v) is 16.6. The lowest BCUT2D eigenvalue weighted by atomic mass is 9.86. The minimum absolute atomic E-state index is 0.287. The highest BCUT2D eigenvalue weighted by atomic mass is 79.9. The van der Waals surface area contributed by atoms with Crippen molar-refractivity contribution in [3.05, 3.63) is 34.4 Å². The van der Waals surface area contributed by atoms with E-state index in [2.05, 4.69) is 70.1 Å².